The van der Waals surface area contributed by atoms with E-state index in [4.69, 9.17) is 13.9 Å². The predicted molar refractivity (Wildman–Crippen MR) is 127 cm³/mol. The molecule has 1 heterocycles. The minimum absolute atomic E-state index is 0.0924. The minimum Gasteiger partial charge on any atom is -0.497 e. The maximum absolute atomic E-state index is 13.6. The van der Waals surface area contributed by atoms with Gasteiger partial charge >= 0.3 is 0 Å². The molecule has 6 nitrogen and oxygen atoms in total. The fraction of sp³-hybridized carbons (Fsp3) is 0.185. The standard InChI is InChI=1S/C27H25NO5/c1-18-9-12-24-23(13-18)26(29)20(17-33-24)16-28(15-19-7-5-4-6-8-19)27(30)22-11-10-21(31-2)14-25(22)32-3/h4-14,17H,15-16H2,1-3H3. The van der Waals surface area contributed by atoms with E-state index in [0.717, 1.165) is 11.1 Å². The summed E-state index contributed by atoms with van der Waals surface area (Å²) in [6.07, 6.45) is 1.44. The summed E-state index contributed by atoms with van der Waals surface area (Å²) in [4.78, 5) is 28.4. The Morgan fingerprint density at radius 1 is 0.939 bits per heavy atom. The third-order valence-electron chi connectivity index (χ3n) is 5.50. The van der Waals surface area contributed by atoms with E-state index in [0.29, 0.717) is 40.1 Å². The van der Waals surface area contributed by atoms with E-state index in [-0.39, 0.29) is 17.9 Å². The molecule has 4 aromatic rings. The van der Waals surface area contributed by atoms with Gasteiger partial charge in [-0.15, -0.1) is 0 Å². The van der Waals surface area contributed by atoms with Crippen molar-refractivity contribution in [2.75, 3.05) is 14.2 Å². The van der Waals surface area contributed by atoms with Crippen LogP contribution in [0.1, 0.15) is 27.0 Å². The van der Waals surface area contributed by atoms with E-state index in [1.165, 1.54) is 13.4 Å². The quantitative estimate of drug-likeness (QED) is 0.404. The van der Waals surface area contributed by atoms with Gasteiger partial charge in [0.2, 0.25) is 0 Å². The van der Waals surface area contributed by atoms with Crippen molar-refractivity contribution in [3.05, 3.63) is 105 Å². The van der Waals surface area contributed by atoms with Crippen LogP contribution >= 0.6 is 0 Å². The highest BCUT2D eigenvalue weighted by Crippen LogP contribution is 2.27. The van der Waals surface area contributed by atoms with Gasteiger partial charge < -0.3 is 18.8 Å². The molecule has 0 spiro atoms. The largest absolute Gasteiger partial charge is 0.497 e. The lowest BCUT2D eigenvalue weighted by atomic mass is 10.1. The molecule has 0 aliphatic carbocycles. The van der Waals surface area contributed by atoms with Crippen LogP contribution in [0.3, 0.4) is 0 Å². The molecular formula is C27H25NO5. The number of aryl methyl sites for hydroxylation is 1. The van der Waals surface area contributed by atoms with E-state index in [9.17, 15) is 9.59 Å². The lowest BCUT2D eigenvalue weighted by Gasteiger charge is -2.24. The summed E-state index contributed by atoms with van der Waals surface area (Å²) in [6, 6.07) is 20.2. The van der Waals surface area contributed by atoms with Crippen molar-refractivity contribution in [3.63, 3.8) is 0 Å². The molecule has 0 N–H and O–H groups in total. The number of methoxy groups -OCH3 is 2. The SMILES string of the molecule is COc1ccc(C(=O)N(Cc2ccccc2)Cc2coc3ccc(C)cc3c2=O)c(OC)c1. The molecule has 0 radical (unpaired) electrons. The number of amides is 1. The van der Waals surface area contributed by atoms with E-state index in [1.54, 1.807) is 42.3 Å². The third kappa shape index (κ3) is 4.75. The summed E-state index contributed by atoms with van der Waals surface area (Å²) in [7, 11) is 3.06. The van der Waals surface area contributed by atoms with Crippen molar-refractivity contribution in [2.45, 2.75) is 20.0 Å². The topological polar surface area (TPSA) is 69.0 Å². The summed E-state index contributed by atoms with van der Waals surface area (Å²) < 4.78 is 16.4. The Morgan fingerprint density at radius 3 is 2.45 bits per heavy atom. The van der Waals surface area contributed by atoms with Gasteiger partial charge in [0.25, 0.3) is 5.91 Å². The van der Waals surface area contributed by atoms with Crippen molar-refractivity contribution in [1.29, 1.82) is 0 Å². The Hall–Kier alpha value is -4.06. The molecule has 0 unspecified atom stereocenters. The van der Waals surface area contributed by atoms with Crippen molar-refractivity contribution in [1.82, 2.24) is 4.90 Å². The Bertz CT molecular complexity index is 1340. The van der Waals surface area contributed by atoms with Gasteiger partial charge in [0.1, 0.15) is 17.1 Å². The van der Waals surface area contributed by atoms with Gasteiger partial charge in [-0.2, -0.15) is 0 Å². The fourth-order valence-corrected chi connectivity index (χ4v) is 3.75. The number of benzene rings is 3. The summed E-state index contributed by atoms with van der Waals surface area (Å²) in [5.41, 5.74) is 3.08. The van der Waals surface area contributed by atoms with Crippen molar-refractivity contribution < 1.29 is 18.7 Å². The molecule has 0 atom stereocenters. The molecule has 0 aliphatic heterocycles. The Morgan fingerprint density at radius 2 is 1.73 bits per heavy atom. The van der Waals surface area contributed by atoms with Gasteiger partial charge in [0.15, 0.2) is 5.43 Å². The molecule has 0 bridgehead atoms. The van der Waals surface area contributed by atoms with Crippen LogP contribution in [0.15, 0.2) is 82.2 Å². The molecule has 33 heavy (non-hydrogen) atoms. The zero-order valence-electron chi connectivity index (χ0n) is 18.8. The molecule has 4 rings (SSSR count). The molecule has 1 amide bonds. The Labute approximate surface area is 192 Å². The second-order valence-electron chi connectivity index (χ2n) is 7.80. The molecule has 0 saturated carbocycles. The van der Waals surface area contributed by atoms with Crippen molar-refractivity contribution in [3.8, 4) is 11.5 Å². The van der Waals surface area contributed by atoms with Gasteiger partial charge in [-0.1, -0.05) is 42.0 Å². The van der Waals surface area contributed by atoms with Gasteiger partial charge in [0.05, 0.1) is 43.5 Å². The van der Waals surface area contributed by atoms with Crippen LogP contribution in [0.4, 0.5) is 0 Å². The maximum Gasteiger partial charge on any atom is 0.258 e. The number of carbonyl (C=O) groups is 1. The Kier molecular flexibility index (Phi) is 6.45. The lowest BCUT2D eigenvalue weighted by molar-refractivity contribution is 0.0725. The van der Waals surface area contributed by atoms with Gasteiger partial charge in [-0.25, -0.2) is 0 Å². The van der Waals surface area contributed by atoms with E-state index >= 15 is 0 Å². The minimum atomic E-state index is -0.262. The first-order valence-electron chi connectivity index (χ1n) is 10.6. The van der Waals surface area contributed by atoms with Crippen LogP contribution in [0, 0.1) is 6.92 Å². The molecule has 0 aliphatic rings. The summed E-state index contributed by atoms with van der Waals surface area (Å²) in [6.45, 7) is 2.34. The molecule has 0 saturated heterocycles. The van der Waals surface area contributed by atoms with E-state index in [1.807, 2.05) is 43.3 Å². The van der Waals surface area contributed by atoms with Crippen LogP contribution in [-0.4, -0.2) is 25.0 Å². The van der Waals surface area contributed by atoms with Crippen LogP contribution < -0.4 is 14.9 Å². The number of carbonyl (C=O) groups excluding carboxylic acids is 1. The van der Waals surface area contributed by atoms with Crippen LogP contribution in [0.5, 0.6) is 11.5 Å². The lowest BCUT2D eigenvalue weighted by Crippen LogP contribution is -2.32. The summed E-state index contributed by atoms with van der Waals surface area (Å²) in [5.74, 6) is 0.726. The maximum atomic E-state index is 13.6. The summed E-state index contributed by atoms with van der Waals surface area (Å²) >= 11 is 0. The molecule has 3 aromatic carbocycles. The smallest absolute Gasteiger partial charge is 0.258 e. The zero-order chi connectivity index (χ0) is 23.4. The zero-order valence-corrected chi connectivity index (χ0v) is 18.8. The molecule has 6 heteroatoms. The fourth-order valence-electron chi connectivity index (χ4n) is 3.75. The highest BCUT2D eigenvalue weighted by Gasteiger charge is 2.22. The van der Waals surface area contributed by atoms with Crippen molar-refractivity contribution >= 4 is 16.9 Å². The van der Waals surface area contributed by atoms with E-state index < -0.39 is 0 Å². The van der Waals surface area contributed by atoms with E-state index in [2.05, 4.69) is 0 Å². The molecule has 1 aromatic heterocycles. The number of fused-ring (bicyclic) bond motifs is 1. The molecule has 0 fully saturated rings. The van der Waals surface area contributed by atoms with Crippen LogP contribution in [0.25, 0.3) is 11.0 Å². The Balaban J connectivity index is 1.75. The number of hydrogen-bond donors (Lipinski definition) is 0. The molecule has 168 valence electrons. The number of hydrogen-bond acceptors (Lipinski definition) is 5. The monoisotopic (exact) mass is 443 g/mol. The second-order valence-corrected chi connectivity index (χ2v) is 7.80. The second kappa shape index (κ2) is 9.61. The van der Waals surface area contributed by atoms with Gasteiger partial charge in [-0.05, 0) is 36.8 Å². The normalized spacial score (nSPS) is 10.8. The first-order valence-corrected chi connectivity index (χ1v) is 10.6. The number of ether oxygens (including phenoxy) is 2. The number of nitrogens with zero attached hydrogens (tertiary/aromatic N) is 1. The molecular weight excluding hydrogens is 418 g/mol. The van der Waals surface area contributed by atoms with Crippen molar-refractivity contribution in [2.24, 2.45) is 0 Å². The third-order valence-corrected chi connectivity index (χ3v) is 5.50. The predicted octanol–water partition coefficient (Wildman–Crippen LogP) is 4.96. The highest BCUT2D eigenvalue weighted by atomic mass is 16.5. The average molecular weight is 443 g/mol. The number of rotatable bonds is 7. The summed E-state index contributed by atoms with van der Waals surface area (Å²) in [5, 5.41) is 0.502. The average Bonchev–Trinajstić information content (AvgIpc) is 2.85. The van der Waals surface area contributed by atoms with Crippen LogP contribution in [0.2, 0.25) is 0 Å². The first kappa shape index (κ1) is 22.1. The van der Waals surface area contributed by atoms with Crippen LogP contribution in [-0.2, 0) is 13.1 Å². The van der Waals surface area contributed by atoms with Gasteiger partial charge in [0, 0.05) is 12.6 Å². The highest BCUT2D eigenvalue weighted by molar-refractivity contribution is 5.97. The van der Waals surface area contributed by atoms with Gasteiger partial charge in [-0.3, -0.25) is 9.59 Å². The first-order chi connectivity index (χ1) is 16.0.